The maximum Gasteiger partial charge on any atom is 0.412 e. The SMILES string of the molecule is Cc1c(Br)cc(F)cc1NC(=O)OC(C)(C)C. The zero-order chi connectivity index (χ0) is 13.2. The highest BCUT2D eigenvalue weighted by Crippen LogP contribution is 2.26. The number of nitrogens with one attached hydrogen (secondary N) is 1. The fraction of sp³-hybridized carbons (Fsp3) is 0.417. The number of amides is 1. The minimum Gasteiger partial charge on any atom is -0.444 e. The molecule has 0 spiro atoms. The van der Waals surface area contributed by atoms with Crippen LogP contribution in [0.2, 0.25) is 0 Å². The van der Waals surface area contributed by atoms with Crippen molar-refractivity contribution in [2.45, 2.75) is 33.3 Å². The molecule has 0 saturated heterocycles. The first-order valence-corrected chi connectivity index (χ1v) is 5.94. The van der Waals surface area contributed by atoms with Crippen molar-refractivity contribution in [2.24, 2.45) is 0 Å². The molecule has 94 valence electrons. The Labute approximate surface area is 108 Å². The van der Waals surface area contributed by atoms with Crippen molar-refractivity contribution < 1.29 is 13.9 Å². The van der Waals surface area contributed by atoms with Crippen molar-refractivity contribution in [3.05, 3.63) is 28.0 Å². The number of rotatable bonds is 1. The van der Waals surface area contributed by atoms with E-state index in [-0.39, 0.29) is 0 Å². The van der Waals surface area contributed by atoms with Crippen LogP contribution in [0.5, 0.6) is 0 Å². The molecule has 17 heavy (non-hydrogen) atoms. The topological polar surface area (TPSA) is 38.3 Å². The summed E-state index contributed by atoms with van der Waals surface area (Å²) in [6, 6.07) is 2.60. The molecule has 0 aliphatic rings. The monoisotopic (exact) mass is 303 g/mol. The van der Waals surface area contributed by atoms with Crippen molar-refractivity contribution >= 4 is 27.7 Å². The molecule has 0 aliphatic carbocycles. The van der Waals surface area contributed by atoms with Gasteiger partial charge in [-0.1, -0.05) is 15.9 Å². The predicted octanol–water partition coefficient (Wildman–Crippen LogP) is 4.24. The van der Waals surface area contributed by atoms with Crippen LogP contribution in [0.4, 0.5) is 14.9 Å². The summed E-state index contributed by atoms with van der Waals surface area (Å²) in [6.07, 6.45) is -0.599. The normalized spacial score (nSPS) is 11.2. The lowest BCUT2D eigenvalue weighted by atomic mass is 10.2. The number of benzene rings is 1. The third kappa shape index (κ3) is 4.34. The molecule has 0 bridgehead atoms. The minimum atomic E-state index is -0.599. The smallest absolute Gasteiger partial charge is 0.412 e. The van der Waals surface area contributed by atoms with Crippen molar-refractivity contribution in [3.63, 3.8) is 0 Å². The van der Waals surface area contributed by atoms with Crippen LogP contribution < -0.4 is 5.32 Å². The van der Waals surface area contributed by atoms with Crippen LogP contribution in [0.15, 0.2) is 16.6 Å². The van der Waals surface area contributed by atoms with E-state index in [0.29, 0.717) is 10.2 Å². The number of ether oxygens (including phenoxy) is 1. The molecule has 1 N–H and O–H groups in total. The Kier molecular flexibility index (Phi) is 4.14. The highest BCUT2D eigenvalue weighted by molar-refractivity contribution is 9.10. The molecule has 5 heteroatoms. The fourth-order valence-electron chi connectivity index (χ4n) is 1.19. The van der Waals surface area contributed by atoms with Crippen LogP contribution in [0, 0.1) is 12.7 Å². The summed E-state index contributed by atoms with van der Waals surface area (Å²) in [5, 5.41) is 2.52. The summed E-state index contributed by atoms with van der Waals surface area (Å²) in [5.74, 6) is -0.423. The zero-order valence-electron chi connectivity index (χ0n) is 10.2. The van der Waals surface area contributed by atoms with E-state index in [0.717, 1.165) is 5.56 Å². The van der Waals surface area contributed by atoms with E-state index in [9.17, 15) is 9.18 Å². The maximum absolute atomic E-state index is 13.2. The van der Waals surface area contributed by atoms with Gasteiger partial charge in [0, 0.05) is 4.47 Å². The highest BCUT2D eigenvalue weighted by atomic mass is 79.9. The fourth-order valence-corrected chi connectivity index (χ4v) is 1.62. The van der Waals surface area contributed by atoms with E-state index in [2.05, 4.69) is 21.2 Å². The maximum atomic E-state index is 13.2. The zero-order valence-corrected chi connectivity index (χ0v) is 11.8. The first-order chi connectivity index (χ1) is 7.69. The van der Waals surface area contributed by atoms with Gasteiger partial charge in [-0.3, -0.25) is 5.32 Å². The van der Waals surface area contributed by atoms with E-state index >= 15 is 0 Å². The van der Waals surface area contributed by atoms with E-state index in [1.807, 2.05) is 0 Å². The molecule has 1 aromatic rings. The molecular weight excluding hydrogens is 289 g/mol. The molecule has 0 radical (unpaired) electrons. The number of anilines is 1. The Morgan fingerprint density at radius 2 is 2.00 bits per heavy atom. The molecule has 0 unspecified atom stereocenters. The first kappa shape index (κ1) is 14.0. The van der Waals surface area contributed by atoms with E-state index < -0.39 is 17.5 Å². The van der Waals surface area contributed by atoms with Crippen molar-refractivity contribution in [2.75, 3.05) is 5.32 Å². The number of halogens is 2. The van der Waals surface area contributed by atoms with Crippen LogP contribution >= 0.6 is 15.9 Å². The summed E-state index contributed by atoms with van der Waals surface area (Å²) in [5.41, 5.74) is 0.561. The summed E-state index contributed by atoms with van der Waals surface area (Å²) in [7, 11) is 0. The molecule has 0 saturated carbocycles. The lowest BCUT2D eigenvalue weighted by Crippen LogP contribution is -2.27. The third-order valence-electron chi connectivity index (χ3n) is 1.94. The number of hydrogen-bond donors (Lipinski definition) is 1. The standard InChI is InChI=1S/C12H15BrFNO2/c1-7-9(13)5-8(14)6-10(7)15-11(16)17-12(2,3)4/h5-6H,1-4H3,(H,15,16). The molecule has 3 nitrogen and oxygen atoms in total. The van der Waals surface area contributed by atoms with Gasteiger partial charge in [-0.2, -0.15) is 0 Å². The minimum absolute atomic E-state index is 0.395. The van der Waals surface area contributed by atoms with E-state index in [1.165, 1.54) is 12.1 Å². The molecule has 1 rings (SSSR count). The van der Waals surface area contributed by atoms with Crippen molar-refractivity contribution in [1.82, 2.24) is 0 Å². The number of carbonyl (C=O) groups is 1. The van der Waals surface area contributed by atoms with E-state index in [4.69, 9.17) is 4.74 Å². The van der Waals surface area contributed by atoms with Crippen molar-refractivity contribution in [1.29, 1.82) is 0 Å². The van der Waals surface area contributed by atoms with E-state index in [1.54, 1.807) is 27.7 Å². The molecule has 0 atom stereocenters. The van der Waals surface area contributed by atoms with Gasteiger partial charge in [-0.25, -0.2) is 9.18 Å². The quantitative estimate of drug-likeness (QED) is 0.842. The Hall–Kier alpha value is -1.10. The number of hydrogen-bond acceptors (Lipinski definition) is 2. The van der Waals surface area contributed by atoms with Gasteiger partial charge >= 0.3 is 6.09 Å². The van der Waals surface area contributed by atoms with Crippen LogP contribution in [0.3, 0.4) is 0 Å². The Morgan fingerprint density at radius 3 is 2.53 bits per heavy atom. The van der Waals surface area contributed by atoms with Gasteiger partial charge in [0.1, 0.15) is 11.4 Å². The summed E-state index contributed by atoms with van der Waals surface area (Å²) >= 11 is 3.22. The lowest BCUT2D eigenvalue weighted by Gasteiger charge is -2.20. The van der Waals surface area contributed by atoms with Crippen LogP contribution in [-0.4, -0.2) is 11.7 Å². The summed E-state index contributed by atoms with van der Waals surface area (Å²) in [6.45, 7) is 7.07. The second-order valence-corrected chi connectivity index (χ2v) is 5.54. The largest absolute Gasteiger partial charge is 0.444 e. The Morgan fingerprint density at radius 1 is 1.41 bits per heavy atom. The highest BCUT2D eigenvalue weighted by Gasteiger charge is 2.17. The van der Waals surface area contributed by atoms with Crippen molar-refractivity contribution in [3.8, 4) is 0 Å². The number of carbonyl (C=O) groups excluding carboxylic acids is 1. The first-order valence-electron chi connectivity index (χ1n) is 5.15. The Balaban J connectivity index is 2.85. The van der Waals surface area contributed by atoms with Gasteiger partial charge in [0.05, 0.1) is 5.69 Å². The average Bonchev–Trinajstić information content (AvgIpc) is 2.10. The van der Waals surface area contributed by atoms with Crippen LogP contribution in [-0.2, 0) is 4.74 Å². The molecule has 1 aromatic carbocycles. The molecular formula is C12H15BrFNO2. The third-order valence-corrected chi connectivity index (χ3v) is 2.77. The summed E-state index contributed by atoms with van der Waals surface area (Å²) in [4.78, 5) is 11.5. The molecule has 0 fully saturated rings. The molecule has 1 amide bonds. The van der Waals surface area contributed by atoms with Gasteiger partial charge in [0.15, 0.2) is 0 Å². The molecule has 0 heterocycles. The van der Waals surface area contributed by atoms with Gasteiger partial charge in [0.25, 0.3) is 0 Å². The average molecular weight is 304 g/mol. The van der Waals surface area contributed by atoms with Gasteiger partial charge in [-0.05, 0) is 45.4 Å². The Bertz CT molecular complexity index is 441. The summed E-state index contributed by atoms with van der Waals surface area (Å²) < 4.78 is 18.9. The second-order valence-electron chi connectivity index (χ2n) is 4.69. The van der Waals surface area contributed by atoms with Gasteiger partial charge < -0.3 is 4.74 Å². The molecule has 0 aliphatic heterocycles. The predicted molar refractivity (Wildman–Crippen MR) is 68.7 cm³/mol. The van der Waals surface area contributed by atoms with Gasteiger partial charge in [-0.15, -0.1) is 0 Å². The van der Waals surface area contributed by atoms with Gasteiger partial charge in [0.2, 0.25) is 0 Å². The molecule has 0 aromatic heterocycles. The van der Waals surface area contributed by atoms with Crippen LogP contribution in [0.25, 0.3) is 0 Å². The second kappa shape index (κ2) is 5.04. The van der Waals surface area contributed by atoms with Crippen LogP contribution in [0.1, 0.15) is 26.3 Å². The lowest BCUT2D eigenvalue weighted by molar-refractivity contribution is 0.0636.